The summed E-state index contributed by atoms with van der Waals surface area (Å²) in [7, 11) is 0. The summed E-state index contributed by atoms with van der Waals surface area (Å²) in [6, 6.07) is 5.77. The van der Waals surface area contributed by atoms with Gasteiger partial charge in [0, 0.05) is 3.57 Å². The minimum atomic E-state index is 0.395. The van der Waals surface area contributed by atoms with E-state index in [2.05, 4.69) is 36.4 Å². The molecule has 0 saturated heterocycles. The first kappa shape index (κ1) is 8.84. The molecule has 0 radical (unpaired) electrons. The van der Waals surface area contributed by atoms with E-state index in [1.807, 2.05) is 12.1 Å². The van der Waals surface area contributed by atoms with Crippen molar-refractivity contribution in [3.8, 4) is 5.75 Å². The fourth-order valence-corrected chi connectivity index (χ4v) is 1.48. The Bertz CT molecular complexity index is 256. The van der Waals surface area contributed by atoms with E-state index in [0.717, 1.165) is 9.13 Å². The molecule has 1 N–H and O–H groups in total. The van der Waals surface area contributed by atoms with Crippen molar-refractivity contribution in [2.75, 3.05) is 0 Å². The monoisotopic (exact) mass is 262 g/mol. The molecule has 1 aromatic rings. The second kappa shape index (κ2) is 3.43. The first-order chi connectivity index (χ1) is 5.11. The molecular formula is C9H11IO. The number of aromatic hydroxyl groups is 1. The Morgan fingerprint density at radius 2 is 2.00 bits per heavy atom. The van der Waals surface area contributed by atoms with Gasteiger partial charge in [0.25, 0.3) is 0 Å². The maximum absolute atomic E-state index is 9.46. The van der Waals surface area contributed by atoms with Crippen LogP contribution in [0.1, 0.15) is 25.3 Å². The molecule has 1 aromatic carbocycles. The van der Waals surface area contributed by atoms with Gasteiger partial charge in [0.05, 0.1) is 0 Å². The molecule has 1 nitrogen and oxygen atoms in total. The van der Waals surface area contributed by atoms with Gasteiger partial charge in [0.1, 0.15) is 5.75 Å². The maximum atomic E-state index is 9.46. The van der Waals surface area contributed by atoms with Gasteiger partial charge in [-0.25, -0.2) is 0 Å². The molecule has 0 aliphatic carbocycles. The van der Waals surface area contributed by atoms with E-state index in [9.17, 15) is 5.11 Å². The summed E-state index contributed by atoms with van der Waals surface area (Å²) in [5, 5.41) is 9.46. The molecule has 0 fully saturated rings. The van der Waals surface area contributed by atoms with Gasteiger partial charge in [-0.1, -0.05) is 19.9 Å². The number of hydrogen-bond acceptors (Lipinski definition) is 1. The summed E-state index contributed by atoms with van der Waals surface area (Å²) in [6.45, 7) is 4.14. The van der Waals surface area contributed by atoms with Crippen LogP contribution in [0.2, 0.25) is 0 Å². The normalized spacial score (nSPS) is 10.5. The fraction of sp³-hybridized carbons (Fsp3) is 0.333. The minimum Gasteiger partial charge on any atom is -0.508 e. The lowest BCUT2D eigenvalue weighted by Crippen LogP contribution is -1.87. The number of phenolic OH excluding ortho intramolecular Hbond substituents is 1. The van der Waals surface area contributed by atoms with Gasteiger partial charge in [0.15, 0.2) is 0 Å². The van der Waals surface area contributed by atoms with Gasteiger partial charge in [-0.15, -0.1) is 0 Å². The lowest BCUT2D eigenvalue weighted by molar-refractivity contribution is 0.464. The highest BCUT2D eigenvalue weighted by Crippen LogP contribution is 2.26. The van der Waals surface area contributed by atoms with Crippen molar-refractivity contribution >= 4 is 22.6 Å². The van der Waals surface area contributed by atoms with E-state index in [-0.39, 0.29) is 0 Å². The summed E-state index contributed by atoms with van der Waals surface area (Å²) in [6.07, 6.45) is 0. The van der Waals surface area contributed by atoms with E-state index >= 15 is 0 Å². The second-order valence-corrected chi connectivity index (χ2v) is 4.10. The Morgan fingerprint density at radius 3 is 2.45 bits per heavy atom. The molecule has 0 aliphatic rings. The third kappa shape index (κ3) is 2.09. The summed E-state index contributed by atoms with van der Waals surface area (Å²) in [5.41, 5.74) is 1.02. The third-order valence-corrected chi connectivity index (χ3v) is 2.29. The molecule has 0 spiro atoms. The SMILES string of the molecule is CC(C)c1ccc(I)cc1O. The predicted octanol–water partition coefficient (Wildman–Crippen LogP) is 3.12. The van der Waals surface area contributed by atoms with Gasteiger partial charge in [-0.2, -0.15) is 0 Å². The van der Waals surface area contributed by atoms with Crippen LogP contribution in [0.3, 0.4) is 0 Å². The summed E-state index contributed by atoms with van der Waals surface area (Å²) in [5.74, 6) is 0.805. The molecular weight excluding hydrogens is 251 g/mol. The number of benzene rings is 1. The van der Waals surface area contributed by atoms with Crippen molar-refractivity contribution in [1.29, 1.82) is 0 Å². The van der Waals surface area contributed by atoms with Crippen molar-refractivity contribution in [1.82, 2.24) is 0 Å². The van der Waals surface area contributed by atoms with Crippen LogP contribution in [-0.2, 0) is 0 Å². The second-order valence-electron chi connectivity index (χ2n) is 2.86. The Morgan fingerprint density at radius 1 is 1.36 bits per heavy atom. The number of phenols is 1. The zero-order chi connectivity index (χ0) is 8.43. The van der Waals surface area contributed by atoms with Gasteiger partial charge < -0.3 is 5.11 Å². The molecule has 0 bridgehead atoms. The predicted molar refractivity (Wildman–Crippen MR) is 54.9 cm³/mol. The molecule has 11 heavy (non-hydrogen) atoms. The van der Waals surface area contributed by atoms with Crippen LogP contribution in [-0.4, -0.2) is 5.11 Å². The molecule has 0 aliphatic heterocycles. The first-order valence-corrected chi connectivity index (χ1v) is 4.67. The molecule has 1 rings (SSSR count). The highest BCUT2D eigenvalue weighted by Gasteiger charge is 2.04. The molecule has 0 amide bonds. The van der Waals surface area contributed by atoms with E-state index in [4.69, 9.17) is 0 Å². The smallest absolute Gasteiger partial charge is 0.120 e. The van der Waals surface area contributed by atoms with Gasteiger partial charge in [-0.3, -0.25) is 0 Å². The quantitative estimate of drug-likeness (QED) is 0.771. The summed E-state index contributed by atoms with van der Waals surface area (Å²) >= 11 is 2.19. The third-order valence-electron chi connectivity index (χ3n) is 1.61. The Balaban J connectivity index is 3.09. The van der Waals surface area contributed by atoms with Crippen molar-refractivity contribution < 1.29 is 5.11 Å². The largest absolute Gasteiger partial charge is 0.508 e. The van der Waals surface area contributed by atoms with Crippen LogP contribution in [0.25, 0.3) is 0 Å². The topological polar surface area (TPSA) is 20.2 Å². The Kier molecular flexibility index (Phi) is 2.76. The van der Waals surface area contributed by atoms with Crippen LogP contribution >= 0.6 is 22.6 Å². The molecule has 2 heteroatoms. The zero-order valence-electron chi connectivity index (χ0n) is 6.63. The average molecular weight is 262 g/mol. The molecule has 0 unspecified atom stereocenters. The first-order valence-electron chi connectivity index (χ1n) is 3.59. The van der Waals surface area contributed by atoms with E-state index < -0.39 is 0 Å². The molecule has 60 valence electrons. The molecule has 0 atom stereocenters. The highest BCUT2D eigenvalue weighted by molar-refractivity contribution is 14.1. The minimum absolute atomic E-state index is 0.395. The van der Waals surface area contributed by atoms with Crippen molar-refractivity contribution in [2.24, 2.45) is 0 Å². The highest BCUT2D eigenvalue weighted by atomic mass is 127. The summed E-state index contributed by atoms with van der Waals surface area (Å²) in [4.78, 5) is 0. The molecule has 0 aromatic heterocycles. The van der Waals surface area contributed by atoms with E-state index in [1.165, 1.54) is 0 Å². The average Bonchev–Trinajstić information content (AvgIpc) is 1.85. The van der Waals surface area contributed by atoms with Crippen LogP contribution in [0.4, 0.5) is 0 Å². The van der Waals surface area contributed by atoms with Gasteiger partial charge >= 0.3 is 0 Å². The van der Waals surface area contributed by atoms with Crippen molar-refractivity contribution in [2.45, 2.75) is 19.8 Å². The van der Waals surface area contributed by atoms with Crippen LogP contribution in [0, 0.1) is 3.57 Å². The number of hydrogen-bond donors (Lipinski definition) is 1. The Hall–Kier alpha value is -0.250. The molecule has 0 saturated carbocycles. The lowest BCUT2D eigenvalue weighted by atomic mass is 10.0. The maximum Gasteiger partial charge on any atom is 0.120 e. The van der Waals surface area contributed by atoms with Crippen LogP contribution in [0.15, 0.2) is 18.2 Å². The Labute approximate surface area is 80.6 Å². The van der Waals surface area contributed by atoms with E-state index in [0.29, 0.717) is 11.7 Å². The zero-order valence-corrected chi connectivity index (χ0v) is 8.79. The molecule has 0 heterocycles. The van der Waals surface area contributed by atoms with E-state index in [1.54, 1.807) is 6.07 Å². The van der Waals surface area contributed by atoms with Crippen LogP contribution in [0.5, 0.6) is 5.75 Å². The van der Waals surface area contributed by atoms with Crippen molar-refractivity contribution in [3.63, 3.8) is 0 Å². The van der Waals surface area contributed by atoms with Crippen molar-refractivity contribution in [3.05, 3.63) is 27.3 Å². The lowest BCUT2D eigenvalue weighted by Gasteiger charge is -2.07. The van der Waals surface area contributed by atoms with Gasteiger partial charge in [0.2, 0.25) is 0 Å². The number of halogens is 1. The summed E-state index contributed by atoms with van der Waals surface area (Å²) < 4.78 is 1.07. The van der Waals surface area contributed by atoms with Crippen LogP contribution < -0.4 is 0 Å². The number of rotatable bonds is 1. The standard InChI is InChI=1S/C9H11IO/c1-6(2)8-4-3-7(10)5-9(8)11/h3-6,11H,1-2H3. The fourth-order valence-electron chi connectivity index (χ4n) is 1.01. The van der Waals surface area contributed by atoms with Gasteiger partial charge in [-0.05, 0) is 46.2 Å².